The molecule has 6 nitrogen and oxygen atoms in total. The number of rotatable bonds is 3. The Kier molecular flexibility index (Phi) is 3.09. The summed E-state index contributed by atoms with van der Waals surface area (Å²) >= 11 is 0. The quantitative estimate of drug-likeness (QED) is 0.742. The second-order valence-corrected chi connectivity index (χ2v) is 3.65. The second kappa shape index (κ2) is 4.70. The molecule has 3 N–H and O–H groups in total. The number of carboxylic acids is 1. The minimum absolute atomic E-state index is 0.201. The summed E-state index contributed by atoms with van der Waals surface area (Å²) in [7, 11) is 0. The fraction of sp³-hybridized carbons (Fsp3) is 0.0833. The number of nitrogens with zero attached hydrogens (tertiary/aromatic N) is 1. The van der Waals surface area contributed by atoms with Crippen LogP contribution >= 0.6 is 0 Å². The van der Waals surface area contributed by atoms with Gasteiger partial charge in [-0.25, -0.2) is 0 Å². The molecule has 0 fully saturated rings. The van der Waals surface area contributed by atoms with Gasteiger partial charge < -0.3 is 15.2 Å². The molecule has 18 heavy (non-hydrogen) atoms. The van der Waals surface area contributed by atoms with E-state index in [1.807, 2.05) is 0 Å². The van der Waals surface area contributed by atoms with Crippen LogP contribution in [0.15, 0.2) is 35.1 Å². The number of aromatic hydroxyl groups is 1. The first-order valence-corrected chi connectivity index (χ1v) is 5.17. The first kappa shape index (κ1) is 11.8. The summed E-state index contributed by atoms with van der Waals surface area (Å²) in [5, 5.41) is 18.2. The molecule has 0 aliphatic carbocycles. The summed E-state index contributed by atoms with van der Waals surface area (Å²) in [4.78, 5) is 28.4. The molecule has 2 rings (SSSR count). The molecule has 0 saturated carbocycles. The topological polar surface area (TPSA) is 103 Å². The monoisotopic (exact) mass is 246 g/mol. The third kappa shape index (κ3) is 2.37. The molecular weight excluding hydrogens is 236 g/mol. The summed E-state index contributed by atoms with van der Waals surface area (Å²) < 4.78 is 0. The molecule has 1 heterocycles. The number of carbonyl (C=O) groups is 1. The molecule has 0 bridgehead atoms. The highest BCUT2D eigenvalue weighted by Gasteiger charge is 2.14. The Morgan fingerprint density at radius 2 is 1.94 bits per heavy atom. The van der Waals surface area contributed by atoms with Crippen molar-refractivity contribution in [2.45, 2.75) is 6.42 Å². The maximum Gasteiger partial charge on any atom is 0.308 e. The zero-order chi connectivity index (χ0) is 13.1. The maximum absolute atomic E-state index is 11.7. The highest BCUT2D eigenvalue weighted by atomic mass is 16.4. The Labute approximate surface area is 102 Å². The maximum atomic E-state index is 11.7. The number of hydrogen-bond donors (Lipinski definition) is 3. The van der Waals surface area contributed by atoms with Crippen molar-refractivity contribution in [1.82, 2.24) is 9.97 Å². The van der Waals surface area contributed by atoms with E-state index >= 15 is 0 Å². The van der Waals surface area contributed by atoms with Gasteiger partial charge in [0.1, 0.15) is 5.82 Å². The lowest BCUT2D eigenvalue weighted by Gasteiger charge is -2.04. The van der Waals surface area contributed by atoms with E-state index in [1.165, 1.54) is 0 Å². The average molecular weight is 246 g/mol. The van der Waals surface area contributed by atoms with Crippen LogP contribution in [-0.2, 0) is 11.2 Å². The van der Waals surface area contributed by atoms with Crippen LogP contribution in [-0.4, -0.2) is 26.2 Å². The van der Waals surface area contributed by atoms with E-state index in [0.717, 1.165) is 0 Å². The number of nitrogens with one attached hydrogen (secondary N) is 1. The van der Waals surface area contributed by atoms with Crippen molar-refractivity contribution in [2.24, 2.45) is 0 Å². The lowest BCUT2D eigenvalue weighted by Crippen LogP contribution is -2.18. The summed E-state index contributed by atoms with van der Waals surface area (Å²) in [6.45, 7) is 0. The van der Waals surface area contributed by atoms with Gasteiger partial charge in [-0.1, -0.05) is 30.3 Å². The zero-order valence-electron chi connectivity index (χ0n) is 9.25. The number of aliphatic carboxylic acids is 1. The Bertz CT molecular complexity index is 634. The highest BCUT2D eigenvalue weighted by Crippen LogP contribution is 2.17. The predicted molar refractivity (Wildman–Crippen MR) is 63.3 cm³/mol. The van der Waals surface area contributed by atoms with E-state index in [2.05, 4.69) is 9.97 Å². The Morgan fingerprint density at radius 3 is 2.50 bits per heavy atom. The number of carboxylic acid groups (broad SMARTS) is 1. The minimum Gasteiger partial charge on any atom is -0.493 e. The first-order chi connectivity index (χ1) is 8.58. The first-order valence-electron chi connectivity index (χ1n) is 5.17. The molecule has 0 radical (unpaired) electrons. The number of benzene rings is 1. The molecule has 0 saturated heterocycles. The highest BCUT2D eigenvalue weighted by molar-refractivity contribution is 5.71. The Hall–Kier alpha value is -2.63. The van der Waals surface area contributed by atoms with E-state index < -0.39 is 23.8 Å². The van der Waals surface area contributed by atoms with Crippen LogP contribution in [0.3, 0.4) is 0 Å². The lowest BCUT2D eigenvalue weighted by molar-refractivity contribution is -0.136. The van der Waals surface area contributed by atoms with Crippen molar-refractivity contribution in [2.75, 3.05) is 0 Å². The van der Waals surface area contributed by atoms with Gasteiger partial charge in [0, 0.05) is 5.56 Å². The summed E-state index contributed by atoms with van der Waals surface area (Å²) in [6.07, 6.45) is -0.566. The Balaban J connectivity index is 2.49. The third-order valence-corrected chi connectivity index (χ3v) is 2.37. The summed E-state index contributed by atoms with van der Waals surface area (Å²) in [5.74, 6) is -1.56. The molecule has 0 aliphatic rings. The molecule has 92 valence electrons. The molecule has 0 spiro atoms. The molecule has 0 aliphatic heterocycles. The molecule has 1 aromatic carbocycles. The number of aromatic amines is 1. The van der Waals surface area contributed by atoms with Gasteiger partial charge in [-0.05, 0) is 0 Å². The van der Waals surface area contributed by atoms with Crippen molar-refractivity contribution in [3.63, 3.8) is 0 Å². The predicted octanol–water partition coefficient (Wildman–Crippen LogP) is 0.770. The minimum atomic E-state index is -1.20. The summed E-state index contributed by atoms with van der Waals surface area (Å²) in [6, 6.07) is 8.76. The second-order valence-electron chi connectivity index (χ2n) is 3.65. The molecule has 0 atom stereocenters. The molecule has 0 unspecified atom stereocenters. The lowest BCUT2D eigenvalue weighted by atomic mass is 10.2. The van der Waals surface area contributed by atoms with Crippen molar-refractivity contribution >= 4 is 5.97 Å². The number of aromatic nitrogens is 2. The van der Waals surface area contributed by atoms with Crippen LogP contribution in [0.25, 0.3) is 11.4 Å². The van der Waals surface area contributed by atoms with Gasteiger partial charge in [-0.2, -0.15) is 4.98 Å². The van der Waals surface area contributed by atoms with E-state index in [0.29, 0.717) is 5.56 Å². The van der Waals surface area contributed by atoms with Crippen LogP contribution in [0, 0.1) is 0 Å². The van der Waals surface area contributed by atoms with E-state index in [1.54, 1.807) is 30.3 Å². The van der Waals surface area contributed by atoms with Crippen LogP contribution in [0.2, 0.25) is 0 Å². The summed E-state index contributed by atoms with van der Waals surface area (Å²) in [5.41, 5.74) is -0.266. The van der Waals surface area contributed by atoms with Gasteiger partial charge in [0.25, 0.3) is 5.56 Å². The fourth-order valence-electron chi connectivity index (χ4n) is 1.53. The normalized spacial score (nSPS) is 10.2. The average Bonchev–Trinajstić information content (AvgIpc) is 2.34. The van der Waals surface area contributed by atoms with Crippen LogP contribution in [0.4, 0.5) is 0 Å². The molecule has 0 amide bonds. The third-order valence-electron chi connectivity index (χ3n) is 2.37. The molecule has 6 heteroatoms. The van der Waals surface area contributed by atoms with E-state index in [4.69, 9.17) is 5.11 Å². The Morgan fingerprint density at radius 1 is 1.28 bits per heavy atom. The van der Waals surface area contributed by atoms with Crippen molar-refractivity contribution in [1.29, 1.82) is 0 Å². The van der Waals surface area contributed by atoms with Gasteiger partial charge in [-0.15, -0.1) is 0 Å². The molecule has 2 aromatic rings. The van der Waals surface area contributed by atoms with E-state index in [9.17, 15) is 14.7 Å². The fourth-order valence-corrected chi connectivity index (χ4v) is 1.53. The standard InChI is InChI=1S/C12H10N2O4/c15-9(16)6-8-11(17)13-10(14-12(8)18)7-4-2-1-3-5-7/h1-5H,6H2,(H,15,16)(H2,13,14,17,18). The van der Waals surface area contributed by atoms with E-state index in [-0.39, 0.29) is 11.4 Å². The van der Waals surface area contributed by atoms with Crippen molar-refractivity contribution < 1.29 is 15.0 Å². The largest absolute Gasteiger partial charge is 0.493 e. The van der Waals surface area contributed by atoms with Crippen molar-refractivity contribution in [3.8, 4) is 17.3 Å². The van der Waals surface area contributed by atoms with Gasteiger partial charge in [0.05, 0.1) is 12.0 Å². The van der Waals surface area contributed by atoms with Gasteiger partial charge >= 0.3 is 5.97 Å². The number of H-pyrrole nitrogens is 1. The van der Waals surface area contributed by atoms with Gasteiger partial charge in [0.15, 0.2) is 0 Å². The molecule has 1 aromatic heterocycles. The smallest absolute Gasteiger partial charge is 0.308 e. The van der Waals surface area contributed by atoms with Crippen LogP contribution in [0.1, 0.15) is 5.56 Å². The van der Waals surface area contributed by atoms with Crippen molar-refractivity contribution in [3.05, 3.63) is 46.2 Å². The van der Waals surface area contributed by atoms with Crippen LogP contribution < -0.4 is 5.56 Å². The SMILES string of the molecule is O=C(O)Cc1c(O)nc(-c2ccccc2)[nH]c1=O. The van der Waals surface area contributed by atoms with Crippen LogP contribution in [0.5, 0.6) is 5.88 Å². The number of hydrogen-bond acceptors (Lipinski definition) is 4. The van der Waals surface area contributed by atoms with Gasteiger partial charge in [-0.3, -0.25) is 9.59 Å². The zero-order valence-corrected chi connectivity index (χ0v) is 9.25. The van der Waals surface area contributed by atoms with Gasteiger partial charge in [0.2, 0.25) is 5.88 Å². The molecular formula is C12H10N2O4.